The Balaban J connectivity index is 2.52. The fourth-order valence-corrected chi connectivity index (χ4v) is 1.91. The van der Waals surface area contributed by atoms with Gasteiger partial charge in [-0.25, -0.2) is 9.07 Å². The largest absolute Gasteiger partial charge is 0.399 e. The molecule has 0 aliphatic heterocycles. The zero-order valence-corrected chi connectivity index (χ0v) is 11.6. The molecule has 0 saturated carbocycles. The monoisotopic (exact) mass is 263 g/mol. The molecule has 1 heterocycles. The fourth-order valence-electron chi connectivity index (χ4n) is 1.91. The van der Waals surface area contributed by atoms with Gasteiger partial charge in [0.1, 0.15) is 5.82 Å². The standard InChI is InChI=1S/C13H18FN5/c1-8-5-9(15)6-10(11(8)14)12-16-17-18-19(12)7-13(2,3)4/h5-6H,7,15H2,1-4H3. The molecule has 19 heavy (non-hydrogen) atoms. The Bertz CT molecular complexity index is 598. The van der Waals surface area contributed by atoms with Crippen LogP contribution in [0.3, 0.4) is 0 Å². The smallest absolute Gasteiger partial charge is 0.185 e. The molecule has 0 aliphatic carbocycles. The zero-order chi connectivity index (χ0) is 14.2. The third-order valence-corrected chi connectivity index (χ3v) is 2.67. The van der Waals surface area contributed by atoms with E-state index in [4.69, 9.17) is 5.73 Å². The number of nitrogens with two attached hydrogens (primary N) is 1. The molecule has 0 aliphatic rings. The third-order valence-electron chi connectivity index (χ3n) is 2.67. The van der Waals surface area contributed by atoms with Crippen LogP contribution in [0.1, 0.15) is 26.3 Å². The van der Waals surface area contributed by atoms with Crippen LogP contribution in [-0.2, 0) is 6.54 Å². The van der Waals surface area contributed by atoms with Gasteiger partial charge >= 0.3 is 0 Å². The number of nitrogen functional groups attached to an aromatic ring is 1. The molecule has 5 nitrogen and oxygen atoms in total. The molecule has 0 atom stereocenters. The highest BCUT2D eigenvalue weighted by Gasteiger charge is 2.20. The van der Waals surface area contributed by atoms with Crippen molar-refractivity contribution >= 4 is 5.69 Å². The van der Waals surface area contributed by atoms with E-state index in [2.05, 4.69) is 36.3 Å². The van der Waals surface area contributed by atoms with Gasteiger partial charge in [0, 0.05) is 12.2 Å². The Labute approximate surface area is 111 Å². The number of tetrazole rings is 1. The normalized spacial score (nSPS) is 11.8. The molecule has 0 radical (unpaired) electrons. The van der Waals surface area contributed by atoms with Crippen molar-refractivity contribution in [1.29, 1.82) is 0 Å². The van der Waals surface area contributed by atoms with Gasteiger partial charge in [-0.05, 0) is 40.5 Å². The molecule has 0 fully saturated rings. The van der Waals surface area contributed by atoms with Crippen LogP contribution < -0.4 is 5.73 Å². The number of benzene rings is 1. The summed E-state index contributed by atoms with van der Waals surface area (Å²) in [5, 5.41) is 11.5. The van der Waals surface area contributed by atoms with Crippen molar-refractivity contribution in [2.24, 2.45) is 5.41 Å². The van der Waals surface area contributed by atoms with Crippen LogP contribution in [0.15, 0.2) is 12.1 Å². The molecule has 6 heteroatoms. The van der Waals surface area contributed by atoms with E-state index < -0.39 is 0 Å². The second-order valence-corrected chi connectivity index (χ2v) is 5.92. The molecular formula is C13H18FN5. The Morgan fingerprint density at radius 3 is 2.63 bits per heavy atom. The summed E-state index contributed by atoms with van der Waals surface area (Å²) in [5.41, 5.74) is 7.09. The maximum Gasteiger partial charge on any atom is 0.185 e. The van der Waals surface area contributed by atoms with Crippen LogP contribution in [0.4, 0.5) is 10.1 Å². The molecule has 1 aromatic carbocycles. The van der Waals surface area contributed by atoms with Gasteiger partial charge in [0.05, 0.1) is 5.56 Å². The highest BCUT2D eigenvalue weighted by atomic mass is 19.1. The van der Waals surface area contributed by atoms with Crippen molar-refractivity contribution in [3.8, 4) is 11.4 Å². The van der Waals surface area contributed by atoms with E-state index in [0.29, 0.717) is 29.2 Å². The summed E-state index contributed by atoms with van der Waals surface area (Å²) in [6.45, 7) is 8.48. The van der Waals surface area contributed by atoms with Crippen molar-refractivity contribution in [3.63, 3.8) is 0 Å². The molecule has 2 rings (SSSR count). The van der Waals surface area contributed by atoms with E-state index in [-0.39, 0.29) is 11.2 Å². The predicted molar refractivity (Wildman–Crippen MR) is 71.8 cm³/mol. The Morgan fingerprint density at radius 2 is 2.00 bits per heavy atom. The molecule has 1 aromatic heterocycles. The highest BCUT2D eigenvalue weighted by molar-refractivity contribution is 5.63. The SMILES string of the molecule is Cc1cc(N)cc(-c2nnnn2CC(C)(C)C)c1F. The van der Waals surface area contributed by atoms with E-state index in [1.54, 1.807) is 23.7 Å². The van der Waals surface area contributed by atoms with E-state index in [1.165, 1.54) is 0 Å². The van der Waals surface area contributed by atoms with E-state index in [9.17, 15) is 4.39 Å². The maximum atomic E-state index is 14.2. The van der Waals surface area contributed by atoms with Gasteiger partial charge in [-0.15, -0.1) is 5.10 Å². The molecule has 0 amide bonds. The van der Waals surface area contributed by atoms with Crippen LogP contribution in [0, 0.1) is 18.2 Å². The first-order chi connectivity index (χ1) is 8.78. The van der Waals surface area contributed by atoms with Crippen molar-refractivity contribution in [1.82, 2.24) is 20.2 Å². The van der Waals surface area contributed by atoms with E-state index in [1.807, 2.05) is 0 Å². The van der Waals surface area contributed by atoms with Crippen molar-refractivity contribution in [2.45, 2.75) is 34.2 Å². The number of rotatable bonds is 2. The number of hydrogen-bond donors (Lipinski definition) is 1. The van der Waals surface area contributed by atoms with Crippen LogP contribution >= 0.6 is 0 Å². The quantitative estimate of drug-likeness (QED) is 0.845. The Kier molecular flexibility index (Phi) is 3.26. The second-order valence-electron chi connectivity index (χ2n) is 5.92. The zero-order valence-electron chi connectivity index (χ0n) is 11.6. The Morgan fingerprint density at radius 1 is 1.32 bits per heavy atom. The highest BCUT2D eigenvalue weighted by Crippen LogP contribution is 2.27. The minimum atomic E-state index is -0.334. The average Bonchev–Trinajstić information content (AvgIpc) is 2.68. The van der Waals surface area contributed by atoms with Crippen molar-refractivity contribution in [2.75, 3.05) is 5.73 Å². The van der Waals surface area contributed by atoms with Crippen molar-refractivity contribution in [3.05, 3.63) is 23.5 Å². The van der Waals surface area contributed by atoms with Gasteiger partial charge in [-0.3, -0.25) is 0 Å². The molecule has 0 bridgehead atoms. The lowest BCUT2D eigenvalue weighted by Crippen LogP contribution is -2.17. The fraction of sp³-hybridized carbons (Fsp3) is 0.462. The topological polar surface area (TPSA) is 69.6 Å². The number of anilines is 1. The van der Waals surface area contributed by atoms with Crippen LogP contribution in [0.2, 0.25) is 0 Å². The van der Waals surface area contributed by atoms with E-state index >= 15 is 0 Å². The minimum absolute atomic E-state index is 0.00399. The first-order valence-electron chi connectivity index (χ1n) is 6.10. The first-order valence-corrected chi connectivity index (χ1v) is 6.10. The number of nitrogens with zero attached hydrogens (tertiary/aromatic N) is 4. The molecule has 2 N–H and O–H groups in total. The number of aryl methyl sites for hydroxylation is 1. The molecule has 0 unspecified atom stereocenters. The first kappa shape index (κ1) is 13.5. The van der Waals surface area contributed by atoms with Crippen LogP contribution in [-0.4, -0.2) is 20.2 Å². The van der Waals surface area contributed by atoms with Gasteiger partial charge in [0.25, 0.3) is 0 Å². The second kappa shape index (κ2) is 4.60. The van der Waals surface area contributed by atoms with Crippen molar-refractivity contribution < 1.29 is 4.39 Å². The van der Waals surface area contributed by atoms with Crippen LogP contribution in [0.5, 0.6) is 0 Å². The van der Waals surface area contributed by atoms with Gasteiger partial charge in [0.15, 0.2) is 5.82 Å². The lowest BCUT2D eigenvalue weighted by Gasteiger charge is -2.18. The summed E-state index contributed by atoms with van der Waals surface area (Å²) in [6, 6.07) is 3.16. The molecule has 0 saturated heterocycles. The van der Waals surface area contributed by atoms with Gasteiger partial charge in [-0.2, -0.15) is 0 Å². The van der Waals surface area contributed by atoms with Gasteiger partial charge in [0.2, 0.25) is 0 Å². The molecule has 102 valence electrons. The number of hydrogen-bond acceptors (Lipinski definition) is 4. The summed E-state index contributed by atoms with van der Waals surface area (Å²) in [4.78, 5) is 0. The maximum absolute atomic E-state index is 14.2. The molecular weight excluding hydrogens is 245 g/mol. The summed E-state index contributed by atoms with van der Waals surface area (Å²) in [5.74, 6) is 0.0713. The lowest BCUT2D eigenvalue weighted by molar-refractivity contribution is 0.323. The summed E-state index contributed by atoms with van der Waals surface area (Å²) < 4.78 is 15.8. The van der Waals surface area contributed by atoms with Crippen LogP contribution in [0.25, 0.3) is 11.4 Å². The summed E-state index contributed by atoms with van der Waals surface area (Å²) >= 11 is 0. The number of halogens is 1. The van der Waals surface area contributed by atoms with E-state index in [0.717, 1.165) is 0 Å². The Hall–Kier alpha value is -1.98. The third kappa shape index (κ3) is 2.89. The molecule has 2 aromatic rings. The minimum Gasteiger partial charge on any atom is -0.399 e. The predicted octanol–water partition coefficient (Wildman–Crippen LogP) is 2.42. The van der Waals surface area contributed by atoms with Gasteiger partial charge < -0.3 is 5.73 Å². The molecule has 0 spiro atoms. The van der Waals surface area contributed by atoms with Gasteiger partial charge in [-0.1, -0.05) is 20.8 Å². The summed E-state index contributed by atoms with van der Waals surface area (Å²) in [7, 11) is 0. The lowest BCUT2D eigenvalue weighted by atomic mass is 9.97. The summed E-state index contributed by atoms with van der Waals surface area (Å²) in [6.07, 6.45) is 0. The number of aromatic nitrogens is 4. The average molecular weight is 263 g/mol.